The molecule has 2 aromatic rings. The molecule has 5 heteroatoms. The highest BCUT2D eigenvalue weighted by atomic mass is 35.5. The summed E-state index contributed by atoms with van der Waals surface area (Å²) in [5.74, 6) is 0.0360. The van der Waals surface area contributed by atoms with E-state index in [9.17, 15) is 8.42 Å². The molecular weight excluding hydrogens is 330 g/mol. The molecule has 0 fully saturated rings. The quantitative estimate of drug-likeness (QED) is 0.828. The summed E-state index contributed by atoms with van der Waals surface area (Å²) in [7, 11) is -3.52. The van der Waals surface area contributed by atoms with E-state index in [2.05, 4.69) is 0 Å². The molecule has 0 aliphatic carbocycles. The first-order valence-corrected chi connectivity index (χ1v) is 9.22. The number of hydrogen-bond donors (Lipinski definition) is 0. The van der Waals surface area contributed by atoms with Gasteiger partial charge in [0.2, 0.25) is 0 Å². The van der Waals surface area contributed by atoms with E-state index in [0.29, 0.717) is 16.5 Å². The van der Waals surface area contributed by atoms with Crippen LogP contribution in [0.1, 0.15) is 24.0 Å². The summed E-state index contributed by atoms with van der Waals surface area (Å²) in [5.41, 5.74) is 3.09. The third kappa shape index (κ3) is 3.14. The fourth-order valence-corrected chi connectivity index (χ4v) is 4.40. The van der Waals surface area contributed by atoms with Crippen molar-refractivity contribution in [3.05, 3.63) is 76.5 Å². The predicted octanol–water partition coefficient (Wildman–Crippen LogP) is 4.34. The Hall–Kier alpha value is -1.78. The maximum Gasteiger partial charge on any atom is 0.263 e. The number of benzene rings is 2. The van der Waals surface area contributed by atoms with Gasteiger partial charge in [-0.15, -0.1) is 0 Å². The van der Waals surface area contributed by atoms with Crippen molar-refractivity contribution in [3.63, 3.8) is 0 Å². The van der Waals surface area contributed by atoms with Crippen LogP contribution in [0.4, 0.5) is 0 Å². The van der Waals surface area contributed by atoms with Gasteiger partial charge in [0.05, 0.1) is 4.90 Å². The molecule has 0 spiro atoms. The van der Waals surface area contributed by atoms with Gasteiger partial charge in [0, 0.05) is 23.7 Å². The van der Waals surface area contributed by atoms with Crippen molar-refractivity contribution in [2.75, 3.05) is 6.54 Å². The molecule has 0 radical (unpaired) electrons. The highest BCUT2D eigenvalue weighted by molar-refractivity contribution is 7.89. The number of sulfonamides is 1. The molecule has 120 valence electrons. The van der Waals surface area contributed by atoms with Crippen molar-refractivity contribution in [3.8, 4) is 0 Å². The van der Waals surface area contributed by atoms with Gasteiger partial charge in [-0.3, -0.25) is 4.31 Å². The molecular formula is C18H18ClNO2S. The highest BCUT2D eigenvalue weighted by Gasteiger charge is 2.31. The third-order valence-electron chi connectivity index (χ3n) is 4.14. The standard InChI is InChI=1S/C18H18ClNO2S/c1-13-6-8-17(9-7-13)23(21,22)20-11-14(2)18(12-20)15-4-3-5-16(19)10-15/h3-11,18H,12H2,1-2H3. The lowest BCUT2D eigenvalue weighted by molar-refractivity contribution is 0.506. The van der Waals surface area contributed by atoms with Crippen LogP contribution in [0, 0.1) is 6.92 Å². The van der Waals surface area contributed by atoms with Gasteiger partial charge in [0.15, 0.2) is 0 Å². The van der Waals surface area contributed by atoms with Crippen LogP contribution >= 0.6 is 11.6 Å². The summed E-state index contributed by atoms with van der Waals surface area (Å²) >= 11 is 6.06. The van der Waals surface area contributed by atoms with E-state index in [1.165, 1.54) is 4.31 Å². The molecule has 1 heterocycles. The Balaban J connectivity index is 1.90. The zero-order valence-electron chi connectivity index (χ0n) is 13.0. The Morgan fingerprint density at radius 1 is 1.09 bits per heavy atom. The largest absolute Gasteiger partial charge is 0.272 e. The van der Waals surface area contributed by atoms with Crippen molar-refractivity contribution >= 4 is 21.6 Å². The SMILES string of the molecule is CC1=CN(S(=O)(=O)c2ccc(C)cc2)CC1c1cccc(Cl)c1. The molecule has 1 aliphatic heterocycles. The fourth-order valence-electron chi connectivity index (χ4n) is 2.80. The summed E-state index contributed by atoms with van der Waals surface area (Å²) in [6.45, 7) is 4.30. The van der Waals surface area contributed by atoms with Crippen molar-refractivity contribution in [1.29, 1.82) is 0 Å². The number of rotatable bonds is 3. The lowest BCUT2D eigenvalue weighted by atomic mass is 9.95. The second-order valence-electron chi connectivity index (χ2n) is 5.87. The van der Waals surface area contributed by atoms with E-state index in [1.54, 1.807) is 18.3 Å². The second-order valence-corrected chi connectivity index (χ2v) is 8.20. The van der Waals surface area contributed by atoms with Crippen molar-refractivity contribution in [1.82, 2.24) is 4.31 Å². The first kappa shape index (κ1) is 16.1. The van der Waals surface area contributed by atoms with Crippen LogP contribution in [-0.4, -0.2) is 19.3 Å². The average Bonchev–Trinajstić information content (AvgIpc) is 2.90. The Bertz CT molecular complexity index is 857. The van der Waals surface area contributed by atoms with E-state index in [1.807, 2.05) is 50.2 Å². The Morgan fingerprint density at radius 2 is 1.78 bits per heavy atom. The summed E-state index contributed by atoms with van der Waals surface area (Å²) < 4.78 is 27.0. The predicted molar refractivity (Wildman–Crippen MR) is 93.0 cm³/mol. The van der Waals surface area contributed by atoms with Gasteiger partial charge in [-0.25, -0.2) is 8.42 Å². The summed E-state index contributed by atoms with van der Waals surface area (Å²) in [6.07, 6.45) is 1.72. The van der Waals surface area contributed by atoms with Crippen LogP contribution in [-0.2, 0) is 10.0 Å². The smallest absolute Gasteiger partial charge is 0.263 e. The van der Waals surface area contributed by atoms with Crippen molar-refractivity contribution < 1.29 is 8.42 Å². The molecule has 0 saturated heterocycles. The van der Waals surface area contributed by atoms with Crippen LogP contribution in [0.5, 0.6) is 0 Å². The maximum absolute atomic E-state index is 12.8. The van der Waals surface area contributed by atoms with E-state index >= 15 is 0 Å². The minimum absolute atomic E-state index is 0.0360. The van der Waals surface area contributed by atoms with Crippen LogP contribution in [0.3, 0.4) is 0 Å². The lowest BCUT2D eigenvalue weighted by Gasteiger charge is -2.19. The van der Waals surface area contributed by atoms with E-state index in [4.69, 9.17) is 11.6 Å². The van der Waals surface area contributed by atoms with E-state index in [-0.39, 0.29) is 5.92 Å². The van der Waals surface area contributed by atoms with Gasteiger partial charge in [-0.05, 0) is 49.2 Å². The average molecular weight is 348 g/mol. The Labute approximate surface area is 142 Å². The first-order valence-electron chi connectivity index (χ1n) is 7.40. The molecule has 3 nitrogen and oxygen atoms in total. The van der Waals surface area contributed by atoms with Gasteiger partial charge < -0.3 is 0 Å². The van der Waals surface area contributed by atoms with Crippen molar-refractivity contribution in [2.45, 2.75) is 24.7 Å². The Morgan fingerprint density at radius 3 is 2.43 bits per heavy atom. The number of halogens is 1. The molecule has 2 aromatic carbocycles. The molecule has 0 bridgehead atoms. The molecule has 1 aliphatic rings. The zero-order valence-corrected chi connectivity index (χ0v) is 14.6. The number of aryl methyl sites for hydroxylation is 1. The van der Waals surface area contributed by atoms with Crippen LogP contribution in [0.25, 0.3) is 0 Å². The van der Waals surface area contributed by atoms with E-state index < -0.39 is 10.0 Å². The molecule has 3 rings (SSSR count). The van der Waals surface area contributed by atoms with Gasteiger partial charge >= 0.3 is 0 Å². The molecule has 0 aromatic heterocycles. The second kappa shape index (κ2) is 6.02. The highest BCUT2D eigenvalue weighted by Crippen LogP contribution is 2.35. The monoisotopic (exact) mass is 347 g/mol. The number of hydrogen-bond acceptors (Lipinski definition) is 2. The van der Waals surface area contributed by atoms with Crippen molar-refractivity contribution in [2.24, 2.45) is 0 Å². The lowest BCUT2D eigenvalue weighted by Crippen LogP contribution is -2.26. The molecule has 0 saturated carbocycles. The Kier molecular flexibility index (Phi) is 4.21. The minimum Gasteiger partial charge on any atom is -0.272 e. The van der Waals surface area contributed by atoms with Gasteiger partial charge in [0.1, 0.15) is 0 Å². The fraction of sp³-hybridized carbons (Fsp3) is 0.222. The molecule has 0 N–H and O–H groups in total. The van der Waals surface area contributed by atoms with Gasteiger partial charge in [0.25, 0.3) is 10.0 Å². The topological polar surface area (TPSA) is 37.4 Å². The normalized spacial score (nSPS) is 18.1. The first-order chi connectivity index (χ1) is 10.9. The summed E-state index contributed by atoms with van der Waals surface area (Å²) in [6, 6.07) is 14.5. The van der Waals surface area contributed by atoms with Crippen LogP contribution in [0.2, 0.25) is 5.02 Å². The van der Waals surface area contributed by atoms with Crippen LogP contribution in [0.15, 0.2) is 65.2 Å². The summed E-state index contributed by atoms with van der Waals surface area (Å²) in [5, 5.41) is 0.662. The van der Waals surface area contributed by atoms with E-state index in [0.717, 1.165) is 16.7 Å². The molecule has 0 amide bonds. The summed E-state index contributed by atoms with van der Waals surface area (Å²) in [4.78, 5) is 0.318. The number of nitrogens with zero attached hydrogens (tertiary/aromatic N) is 1. The molecule has 23 heavy (non-hydrogen) atoms. The zero-order chi connectivity index (χ0) is 16.6. The molecule has 1 unspecified atom stereocenters. The maximum atomic E-state index is 12.8. The third-order valence-corrected chi connectivity index (χ3v) is 6.11. The van der Waals surface area contributed by atoms with Gasteiger partial charge in [-0.2, -0.15) is 0 Å². The molecule has 1 atom stereocenters. The van der Waals surface area contributed by atoms with Crippen LogP contribution < -0.4 is 0 Å². The van der Waals surface area contributed by atoms with Gasteiger partial charge in [-0.1, -0.05) is 41.4 Å². The minimum atomic E-state index is -3.52.